The molecule has 2 saturated heterocycles. The number of rotatable bonds is 3. The zero-order valence-electron chi connectivity index (χ0n) is 11.9. The van der Waals surface area contributed by atoms with Crippen LogP contribution in [0.2, 0.25) is 0 Å². The maximum Gasteiger partial charge on any atom is 0.415 e. The molecule has 1 aromatic rings. The molecular formula is C15H20N2O3. The molecule has 1 N–H and O–H groups in total. The van der Waals surface area contributed by atoms with Crippen LogP contribution in [0.4, 0.5) is 10.5 Å². The largest absolute Gasteiger partial charge is 0.495 e. The van der Waals surface area contributed by atoms with Gasteiger partial charge in [-0.15, -0.1) is 0 Å². The number of ether oxygens (including phenoxy) is 2. The van der Waals surface area contributed by atoms with Crippen LogP contribution in [0.15, 0.2) is 24.3 Å². The minimum Gasteiger partial charge on any atom is -0.495 e. The molecule has 2 fully saturated rings. The molecule has 2 aliphatic rings. The van der Waals surface area contributed by atoms with Gasteiger partial charge in [0.15, 0.2) is 0 Å². The van der Waals surface area contributed by atoms with Crippen molar-refractivity contribution in [3.8, 4) is 5.75 Å². The first kappa shape index (κ1) is 13.2. The Hall–Kier alpha value is -1.75. The average molecular weight is 276 g/mol. The second-order valence-corrected chi connectivity index (χ2v) is 5.63. The number of hydrogen-bond acceptors (Lipinski definition) is 4. The monoisotopic (exact) mass is 276 g/mol. The molecule has 2 atom stereocenters. The lowest BCUT2D eigenvalue weighted by atomic mass is 9.88. The molecule has 0 aliphatic carbocycles. The van der Waals surface area contributed by atoms with E-state index in [1.807, 2.05) is 31.2 Å². The van der Waals surface area contributed by atoms with E-state index in [1.165, 1.54) is 0 Å². The summed E-state index contributed by atoms with van der Waals surface area (Å²) in [6.07, 6.45) is 0.757. The normalized spacial score (nSPS) is 29.6. The van der Waals surface area contributed by atoms with Gasteiger partial charge in [0.2, 0.25) is 0 Å². The predicted molar refractivity (Wildman–Crippen MR) is 76.2 cm³/mol. The molecule has 1 aromatic carbocycles. The highest BCUT2D eigenvalue weighted by atomic mass is 16.6. The summed E-state index contributed by atoms with van der Waals surface area (Å²) in [5.74, 6) is 1.06. The van der Waals surface area contributed by atoms with Crippen LogP contribution in [0.1, 0.15) is 13.3 Å². The van der Waals surface area contributed by atoms with Crippen LogP contribution in [0.25, 0.3) is 0 Å². The van der Waals surface area contributed by atoms with Gasteiger partial charge in [-0.1, -0.05) is 12.1 Å². The van der Waals surface area contributed by atoms with E-state index in [9.17, 15) is 4.79 Å². The standard InChI is InChI=1S/C15H20N2O3/c1-15(11-7-8-16-9-11)10-17(14(18)20-15)12-5-3-4-6-13(12)19-2/h3-6,11,16H,7-10H2,1-2H3. The number of methoxy groups -OCH3 is 1. The molecule has 0 bridgehead atoms. The molecule has 5 nitrogen and oxygen atoms in total. The molecular weight excluding hydrogens is 256 g/mol. The van der Waals surface area contributed by atoms with Gasteiger partial charge in [-0.3, -0.25) is 4.90 Å². The lowest BCUT2D eigenvalue weighted by Gasteiger charge is -2.28. The number of carbonyl (C=O) groups is 1. The summed E-state index contributed by atoms with van der Waals surface area (Å²) < 4.78 is 11.0. The first-order chi connectivity index (χ1) is 9.64. The van der Waals surface area contributed by atoms with Gasteiger partial charge in [-0.25, -0.2) is 4.79 Å². The highest BCUT2D eigenvalue weighted by Crippen LogP contribution is 2.38. The van der Waals surface area contributed by atoms with Crippen molar-refractivity contribution in [2.45, 2.75) is 18.9 Å². The lowest BCUT2D eigenvalue weighted by molar-refractivity contribution is 0.0287. The SMILES string of the molecule is COc1ccccc1N1CC(C)(C2CCNC2)OC1=O. The topological polar surface area (TPSA) is 50.8 Å². The summed E-state index contributed by atoms with van der Waals surface area (Å²) in [7, 11) is 1.61. The molecule has 2 heterocycles. The summed E-state index contributed by atoms with van der Waals surface area (Å²) in [5.41, 5.74) is 0.344. The number of para-hydroxylation sites is 2. The van der Waals surface area contributed by atoms with Crippen molar-refractivity contribution in [3.63, 3.8) is 0 Å². The van der Waals surface area contributed by atoms with Crippen LogP contribution in [-0.2, 0) is 4.74 Å². The summed E-state index contributed by atoms with van der Waals surface area (Å²) in [6, 6.07) is 7.54. The van der Waals surface area contributed by atoms with Crippen molar-refractivity contribution in [1.29, 1.82) is 0 Å². The molecule has 1 amide bonds. The molecule has 0 radical (unpaired) electrons. The van der Waals surface area contributed by atoms with E-state index in [4.69, 9.17) is 9.47 Å². The molecule has 2 unspecified atom stereocenters. The number of hydrogen-bond donors (Lipinski definition) is 1. The number of anilines is 1. The minimum atomic E-state index is -0.429. The van der Waals surface area contributed by atoms with Crippen molar-refractivity contribution >= 4 is 11.8 Å². The Kier molecular flexibility index (Phi) is 3.30. The maximum atomic E-state index is 12.2. The number of nitrogens with one attached hydrogen (secondary N) is 1. The van der Waals surface area contributed by atoms with Crippen LogP contribution >= 0.6 is 0 Å². The van der Waals surface area contributed by atoms with Crippen molar-refractivity contribution in [3.05, 3.63) is 24.3 Å². The number of nitrogens with zero attached hydrogens (tertiary/aromatic N) is 1. The summed E-state index contributed by atoms with van der Waals surface area (Å²) in [5, 5.41) is 3.33. The number of benzene rings is 1. The van der Waals surface area contributed by atoms with Crippen LogP contribution in [0.5, 0.6) is 5.75 Å². The molecule has 20 heavy (non-hydrogen) atoms. The third-order valence-corrected chi connectivity index (χ3v) is 4.31. The van der Waals surface area contributed by atoms with Crippen molar-refractivity contribution in [1.82, 2.24) is 5.32 Å². The molecule has 3 rings (SSSR count). The van der Waals surface area contributed by atoms with E-state index in [-0.39, 0.29) is 6.09 Å². The summed E-state index contributed by atoms with van der Waals surface area (Å²) >= 11 is 0. The zero-order valence-corrected chi connectivity index (χ0v) is 11.9. The second kappa shape index (κ2) is 4.98. The number of carbonyl (C=O) groups excluding carboxylic acids is 1. The Balaban J connectivity index is 1.86. The highest BCUT2D eigenvalue weighted by Gasteiger charge is 2.48. The molecule has 0 saturated carbocycles. The fourth-order valence-corrected chi connectivity index (χ4v) is 3.09. The van der Waals surface area contributed by atoms with E-state index in [0.717, 1.165) is 25.2 Å². The van der Waals surface area contributed by atoms with E-state index in [0.29, 0.717) is 18.2 Å². The Morgan fingerprint density at radius 1 is 1.45 bits per heavy atom. The third-order valence-electron chi connectivity index (χ3n) is 4.31. The smallest absolute Gasteiger partial charge is 0.415 e. The quantitative estimate of drug-likeness (QED) is 0.917. The predicted octanol–water partition coefficient (Wildman–Crippen LogP) is 2.02. The minimum absolute atomic E-state index is 0.288. The number of amides is 1. The van der Waals surface area contributed by atoms with E-state index < -0.39 is 5.60 Å². The maximum absolute atomic E-state index is 12.2. The Bertz CT molecular complexity index is 514. The average Bonchev–Trinajstić information content (AvgIpc) is 3.08. The fraction of sp³-hybridized carbons (Fsp3) is 0.533. The van der Waals surface area contributed by atoms with E-state index in [2.05, 4.69) is 5.32 Å². The van der Waals surface area contributed by atoms with Gasteiger partial charge < -0.3 is 14.8 Å². The summed E-state index contributed by atoms with van der Waals surface area (Å²) in [4.78, 5) is 13.9. The Morgan fingerprint density at radius 3 is 2.95 bits per heavy atom. The van der Waals surface area contributed by atoms with Gasteiger partial charge in [0.1, 0.15) is 11.4 Å². The van der Waals surface area contributed by atoms with Gasteiger partial charge in [0, 0.05) is 12.5 Å². The van der Waals surface area contributed by atoms with Gasteiger partial charge in [-0.2, -0.15) is 0 Å². The molecule has 0 aromatic heterocycles. The fourth-order valence-electron chi connectivity index (χ4n) is 3.09. The van der Waals surface area contributed by atoms with Crippen LogP contribution in [0.3, 0.4) is 0 Å². The van der Waals surface area contributed by atoms with Gasteiger partial charge in [-0.05, 0) is 32.0 Å². The molecule has 5 heteroatoms. The van der Waals surface area contributed by atoms with Crippen LogP contribution < -0.4 is 15.0 Å². The Labute approximate surface area is 118 Å². The van der Waals surface area contributed by atoms with Crippen molar-refractivity contribution in [2.75, 3.05) is 31.6 Å². The Morgan fingerprint density at radius 2 is 2.25 bits per heavy atom. The number of cyclic esters (lactones) is 1. The zero-order chi connectivity index (χ0) is 14.2. The first-order valence-electron chi connectivity index (χ1n) is 6.98. The van der Waals surface area contributed by atoms with Crippen molar-refractivity contribution < 1.29 is 14.3 Å². The van der Waals surface area contributed by atoms with Crippen LogP contribution in [0, 0.1) is 5.92 Å². The third kappa shape index (κ3) is 2.12. The van der Waals surface area contributed by atoms with E-state index in [1.54, 1.807) is 12.0 Å². The molecule has 108 valence electrons. The highest BCUT2D eigenvalue weighted by molar-refractivity contribution is 5.92. The van der Waals surface area contributed by atoms with E-state index >= 15 is 0 Å². The molecule has 2 aliphatic heterocycles. The van der Waals surface area contributed by atoms with Crippen molar-refractivity contribution in [2.24, 2.45) is 5.92 Å². The van der Waals surface area contributed by atoms with Gasteiger partial charge >= 0.3 is 6.09 Å². The second-order valence-electron chi connectivity index (χ2n) is 5.63. The van der Waals surface area contributed by atoms with Gasteiger partial charge in [0.25, 0.3) is 0 Å². The first-order valence-corrected chi connectivity index (χ1v) is 6.98. The molecule has 0 spiro atoms. The van der Waals surface area contributed by atoms with Crippen LogP contribution in [-0.4, -0.2) is 38.4 Å². The summed E-state index contributed by atoms with van der Waals surface area (Å²) in [6.45, 7) is 4.49. The lowest BCUT2D eigenvalue weighted by Crippen LogP contribution is -2.40. The van der Waals surface area contributed by atoms with Gasteiger partial charge in [0.05, 0.1) is 19.3 Å².